The number of fused-ring (bicyclic) bond motifs is 2. The summed E-state index contributed by atoms with van der Waals surface area (Å²) in [4.78, 5) is 65.5. The highest BCUT2D eigenvalue weighted by atomic mass is 16.6. The van der Waals surface area contributed by atoms with Crippen molar-refractivity contribution in [1.29, 1.82) is 0 Å². The number of nitro groups is 1. The van der Waals surface area contributed by atoms with Crippen molar-refractivity contribution in [3.05, 3.63) is 66.6 Å². The van der Waals surface area contributed by atoms with Gasteiger partial charge in [0.25, 0.3) is 23.1 Å². The van der Waals surface area contributed by atoms with Gasteiger partial charge in [-0.25, -0.2) is 9.78 Å². The quantitative estimate of drug-likeness (QED) is 0.327. The number of imide groups is 1. The number of rotatable bonds is 5. The van der Waals surface area contributed by atoms with Crippen LogP contribution in [0.15, 0.2) is 34.1 Å². The smallest absolute Gasteiger partial charge is 0.328 e. The van der Waals surface area contributed by atoms with Crippen LogP contribution in [0.25, 0.3) is 11.2 Å². The van der Waals surface area contributed by atoms with E-state index in [1.54, 1.807) is 7.05 Å². The number of amides is 2. The molecule has 0 radical (unpaired) electrons. The van der Waals surface area contributed by atoms with Crippen LogP contribution in [-0.4, -0.2) is 46.9 Å². The first-order valence-electron chi connectivity index (χ1n) is 8.98. The normalized spacial score (nSPS) is 13.3. The highest BCUT2D eigenvalue weighted by molar-refractivity contribution is 6.21. The van der Waals surface area contributed by atoms with E-state index in [2.05, 4.69) is 4.98 Å². The van der Waals surface area contributed by atoms with E-state index in [4.69, 9.17) is 0 Å². The van der Waals surface area contributed by atoms with Gasteiger partial charge in [0.2, 0.25) is 0 Å². The highest BCUT2D eigenvalue weighted by Crippen LogP contribution is 2.26. The van der Waals surface area contributed by atoms with Crippen LogP contribution < -0.4 is 11.2 Å². The highest BCUT2D eigenvalue weighted by Gasteiger charge is 2.36. The summed E-state index contributed by atoms with van der Waals surface area (Å²) in [7, 11) is 3.15. The Morgan fingerprint density at radius 2 is 1.73 bits per heavy atom. The maximum Gasteiger partial charge on any atom is 0.332 e. The molecule has 12 nitrogen and oxygen atoms in total. The first-order valence-corrected chi connectivity index (χ1v) is 8.98. The summed E-state index contributed by atoms with van der Waals surface area (Å²) in [6, 6.07) is 3.50. The molecule has 2 aromatic heterocycles. The van der Waals surface area contributed by atoms with Crippen LogP contribution in [-0.2, 0) is 20.6 Å². The lowest BCUT2D eigenvalue weighted by molar-refractivity contribution is -0.384. The largest absolute Gasteiger partial charge is 0.332 e. The second kappa shape index (κ2) is 6.76. The van der Waals surface area contributed by atoms with Crippen LogP contribution in [0.1, 0.15) is 27.1 Å². The Kier molecular flexibility index (Phi) is 4.33. The molecule has 0 fully saturated rings. The fourth-order valence-electron chi connectivity index (χ4n) is 3.58. The van der Waals surface area contributed by atoms with Gasteiger partial charge in [-0.1, -0.05) is 0 Å². The van der Waals surface area contributed by atoms with Gasteiger partial charge in [0.05, 0.1) is 22.4 Å². The zero-order valence-corrected chi connectivity index (χ0v) is 16.1. The van der Waals surface area contributed by atoms with E-state index in [-0.39, 0.29) is 47.5 Å². The number of imidazole rings is 1. The topological polar surface area (TPSA) is 142 Å². The van der Waals surface area contributed by atoms with Crippen LogP contribution in [0.4, 0.5) is 5.69 Å². The molecule has 154 valence electrons. The Morgan fingerprint density at radius 3 is 2.43 bits per heavy atom. The van der Waals surface area contributed by atoms with Crippen molar-refractivity contribution < 1.29 is 14.5 Å². The SMILES string of the molecule is Cn1cnc2c1c(=O)n(CCCN1C(=O)c3ccc([N+](=O)[O-])cc3C1=O)c(=O)n2C. The van der Waals surface area contributed by atoms with Crippen LogP contribution in [0, 0.1) is 10.1 Å². The number of benzene rings is 1. The zero-order valence-electron chi connectivity index (χ0n) is 16.1. The number of aryl methyl sites for hydroxylation is 2. The number of hydrogen-bond donors (Lipinski definition) is 0. The molecule has 1 aromatic carbocycles. The molecule has 0 N–H and O–H groups in total. The van der Waals surface area contributed by atoms with Crippen molar-refractivity contribution in [2.45, 2.75) is 13.0 Å². The second-order valence-electron chi connectivity index (χ2n) is 6.93. The molecule has 0 bridgehead atoms. The number of carbonyl (C=O) groups is 2. The van der Waals surface area contributed by atoms with Gasteiger partial charge in [-0.15, -0.1) is 0 Å². The molecule has 0 saturated carbocycles. The Labute approximate surface area is 167 Å². The van der Waals surface area contributed by atoms with Crippen molar-refractivity contribution in [3.8, 4) is 0 Å². The van der Waals surface area contributed by atoms with Crippen molar-refractivity contribution >= 4 is 28.7 Å². The maximum absolute atomic E-state index is 12.7. The third-order valence-electron chi connectivity index (χ3n) is 5.13. The standard InChI is InChI=1S/C18H16N6O6/c1-20-9-19-14-13(20)17(27)23(18(28)21(14)2)7-3-6-22-15(25)11-5-4-10(24(29)30)8-12(11)16(22)26/h4-5,8-9H,3,6-7H2,1-2H3. The van der Waals surface area contributed by atoms with Gasteiger partial charge in [0.1, 0.15) is 0 Å². The van der Waals surface area contributed by atoms with Crippen molar-refractivity contribution in [2.24, 2.45) is 14.1 Å². The molecule has 30 heavy (non-hydrogen) atoms. The van der Waals surface area contributed by atoms with E-state index >= 15 is 0 Å². The van der Waals surface area contributed by atoms with Gasteiger partial charge in [-0.2, -0.15) is 0 Å². The molecule has 3 aromatic rings. The molecule has 0 saturated heterocycles. The van der Waals surface area contributed by atoms with Crippen LogP contribution in [0.3, 0.4) is 0 Å². The lowest BCUT2D eigenvalue weighted by Crippen LogP contribution is -2.40. The third kappa shape index (κ3) is 2.72. The first kappa shape index (κ1) is 19.2. The minimum atomic E-state index is -0.641. The van der Waals surface area contributed by atoms with Crippen molar-refractivity contribution in [3.63, 3.8) is 0 Å². The number of aromatic nitrogens is 4. The summed E-state index contributed by atoms with van der Waals surface area (Å²) in [5, 5.41) is 10.9. The fraction of sp³-hybridized carbons (Fsp3) is 0.278. The predicted molar refractivity (Wildman–Crippen MR) is 103 cm³/mol. The molecule has 0 atom stereocenters. The third-order valence-corrected chi connectivity index (χ3v) is 5.13. The molecule has 3 heterocycles. The molecule has 0 aliphatic carbocycles. The molecule has 2 amide bonds. The molecular weight excluding hydrogens is 396 g/mol. The van der Waals surface area contributed by atoms with E-state index in [1.165, 1.54) is 34.6 Å². The lowest BCUT2D eigenvalue weighted by Gasteiger charge is -2.14. The number of nitrogens with zero attached hydrogens (tertiary/aromatic N) is 6. The number of carbonyl (C=O) groups excluding carboxylic acids is 2. The Hall–Kier alpha value is -4.09. The summed E-state index contributed by atoms with van der Waals surface area (Å²) in [6.45, 7) is -0.0562. The summed E-state index contributed by atoms with van der Waals surface area (Å²) in [6.07, 6.45) is 1.60. The Balaban J connectivity index is 1.57. The van der Waals surface area contributed by atoms with E-state index < -0.39 is 28.0 Å². The number of nitro benzene ring substituents is 1. The van der Waals surface area contributed by atoms with E-state index in [1.807, 2.05) is 0 Å². The summed E-state index contributed by atoms with van der Waals surface area (Å²) in [5.41, 5.74) is -0.740. The van der Waals surface area contributed by atoms with Crippen molar-refractivity contribution in [1.82, 2.24) is 23.6 Å². The lowest BCUT2D eigenvalue weighted by atomic mass is 10.1. The minimum absolute atomic E-state index is 0.0137. The molecule has 12 heteroatoms. The molecule has 4 rings (SSSR count). The zero-order chi connectivity index (χ0) is 21.7. The summed E-state index contributed by atoms with van der Waals surface area (Å²) >= 11 is 0. The monoisotopic (exact) mass is 412 g/mol. The van der Waals surface area contributed by atoms with Gasteiger partial charge < -0.3 is 4.57 Å². The van der Waals surface area contributed by atoms with Crippen molar-refractivity contribution in [2.75, 3.05) is 6.54 Å². The molecule has 0 spiro atoms. The summed E-state index contributed by atoms with van der Waals surface area (Å²) < 4.78 is 3.82. The van der Waals surface area contributed by atoms with Gasteiger partial charge in [-0.3, -0.25) is 38.5 Å². The van der Waals surface area contributed by atoms with Gasteiger partial charge >= 0.3 is 5.69 Å². The van der Waals surface area contributed by atoms with E-state index in [0.717, 1.165) is 15.5 Å². The second-order valence-corrected chi connectivity index (χ2v) is 6.93. The molecular formula is C18H16N6O6. The molecule has 0 unspecified atom stereocenters. The van der Waals surface area contributed by atoms with Gasteiger partial charge in [-0.05, 0) is 12.5 Å². The van der Waals surface area contributed by atoms with Crippen LogP contribution in [0.2, 0.25) is 0 Å². The molecule has 1 aliphatic rings. The van der Waals surface area contributed by atoms with Gasteiger partial charge in [0.15, 0.2) is 11.2 Å². The number of hydrogen-bond acceptors (Lipinski definition) is 7. The molecule has 1 aliphatic heterocycles. The Bertz CT molecular complexity index is 1360. The average molecular weight is 412 g/mol. The fourth-order valence-corrected chi connectivity index (χ4v) is 3.58. The number of non-ortho nitro benzene ring substituents is 1. The van der Waals surface area contributed by atoms with Crippen LogP contribution >= 0.6 is 0 Å². The Morgan fingerprint density at radius 1 is 1.03 bits per heavy atom. The predicted octanol–water partition coefficient (Wildman–Crippen LogP) is 0.0282. The minimum Gasteiger partial charge on any atom is -0.328 e. The maximum atomic E-state index is 12.7. The first-order chi connectivity index (χ1) is 14.2. The van der Waals surface area contributed by atoms with Crippen LogP contribution in [0.5, 0.6) is 0 Å². The van der Waals surface area contributed by atoms with E-state index in [9.17, 15) is 29.3 Å². The average Bonchev–Trinajstić information content (AvgIpc) is 3.21. The summed E-state index contributed by atoms with van der Waals surface area (Å²) in [5.74, 6) is -1.20. The van der Waals surface area contributed by atoms with E-state index in [0.29, 0.717) is 0 Å². The van der Waals surface area contributed by atoms with Gasteiger partial charge in [0, 0.05) is 39.3 Å².